The highest BCUT2D eigenvalue weighted by atomic mass is 32.2. The number of rotatable bonds is 6. The molecule has 0 saturated carbocycles. The molecule has 0 aliphatic heterocycles. The lowest BCUT2D eigenvalue weighted by atomic mass is 10.1. The third-order valence-corrected chi connectivity index (χ3v) is 4.59. The van der Waals surface area contributed by atoms with Gasteiger partial charge in [-0.15, -0.1) is 0 Å². The Morgan fingerprint density at radius 1 is 1.20 bits per heavy atom. The van der Waals surface area contributed by atoms with Gasteiger partial charge in [-0.25, -0.2) is 8.42 Å². The molecule has 136 valence electrons. The molecule has 2 rings (SSSR count). The number of carbonyl (C=O) groups excluding carboxylic acids is 1. The number of nitrogens with zero attached hydrogens (tertiary/aromatic N) is 1. The van der Waals surface area contributed by atoms with Crippen molar-refractivity contribution in [1.82, 2.24) is 9.88 Å². The van der Waals surface area contributed by atoms with Crippen molar-refractivity contribution in [3.63, 3.8) is 0 Å². The Balaban J connectivity index is 2.18. The van der Waals surface area contributed by atoms with Crippen LogP contribution in [0.2, 0.25) is 0 Å². The van der Waals surface area contributed by atoms with Crippen molar-refractivity contribution in [1.29, 1.82) is 0 Å². The summed E-state index contributed by atoms with van der Waals surface area (Å²) in [5.41, 5.74) is 3.78. The van der Waals surface area contributed by atoms with Crippen molar-refractivity contribution in [3.05, 3.63) is 52.8 Å². The van der Waals surface area contributed by atoms with Crippen molar-refractivity contribution in [2.75, 3.05) is 11.0 Å². The van der Waals surface area contributed by atoms with E-state index in [1.807, 2.05) is 19.9 Å². The molecular weight excluding hydrogens is 338 g/mol. The standard InChI is InChI=1S/C18H25N3O3S/c1-12(2)21-13(3)10-16(14(21)4)18(22)19-11-15-8-6-7-9-17(15)20-25(5,23)24/h6-10,12,20H,11H2,1-5H3,(H,19,22). The summed E-state index contributed by atoms with van der Waals surface area (Å²) < 4.78 is 27.5. The number of carbonyl (C=O) groups is 1. The Kier molecular flexibility index (Phi) is 5.57. The molecule has 0 bridgehead atoms. The summed E-state index contributed by atoms with van der Waals surface area (Å²) in [5, 5.41) is 2.87. The molecule has 6 nitrogen and oxygen atoms in total. The molecule has 0 radical (unpaired) electrons. The topological polar surface area (TPSA) is 80.2 Å². The Morgan fingerprint density at radius 2 is 1.84 bits per heavy atom. The highest BCUT2D eigenvalue weighted by Crippen LogP contribution is 2.21. The first-order chi connectivity index (χ1) is 11.6. The molecule has 0 aliphatic rings. The zero-order chi connectivity index (χ0) is 18.8. The fraction of sp³-hybridized carbons (Fsp3) is 0.389. The van der Waals surface area contributed by atoms with E-state index in [-0.39, 0.29) is 18.5 Å². The first-order valence-corrected chi connectivity index (χ1v) is 10.0. The van der Waals surface area contributed by atoms with Gasteiger partial charge in [0, 0.05) is 24.0 Å². The quantitative estimate of drug-likeness (QED) is 0.828. The van der Waals surface area contributed by atoms with E-state index in [2.05, 4.69) is 28.5 Å². The van der Waals surface area contributed by atoms with Crippen molar-refractivity contribution in [3.8, 4) is 0 Å². The van der Waals surface area contributed by atoms with E-state index in [4.69, 9.17) is 0 Å². The molecule has 2 aromatic rings. The Bertz CT molecular complexity index is 883. The molecule has 1 heterocycles. The maximum atomic E-state index is 12.6. The van der Waals surface area contributed by atoms with Crippen molar-refractivity contribution >= 4 is 21.6 Å². The minimum atomic E-state index is -3.37. The molecule has 0 spiro atoms. The van der Waals surface area contributed by atoms with Crippen LogP contribution in [0.1, 0.15) is 47.2 Å². The average molecular weight is 363 g/mol. The first-order valence-electron chi connectivity index (χ1n) is 8.12. The average Bonchev–Trinajstić information content (AvgIpc) is 2.79. The van der Waals surface area contributed by atoms with Crippen LogP contribution in [-0.2, 0) is 16.6 Å². The summed E-state index contributed by atoms with van der Waals surface area (Å²) in [7, 11) is -3.37. The van der Waals surface area contributed by atoms with Crippen LogP contribution >= 0.6 is 0 Å². The number of anilines is 1. The number of para-hydroxylation sites is 1. The minimum Gasteiger partial charge on any atom is -0.348 e. The molecule has 0 aliphatic carbocycles. The van der Waals surface area contributed by atoms with Gasteiger partial charge in [0.05, 0.1) is 17.5 Å². The summed E-state index contributed by atoms with van der Waals surface area (Å²) in [4.78, 5) is 12.6. The van der Waals surface area contributed by atoms with Crippen molar-refractivity contribution in [2.24, 2.45) is 0 Å². The van der Waals surface area contributed by atoms with Gasteiger partial charge in [0.15, 0.2) is 0 Å². The number of hydrogen-bond acceptors (Lipinski definition) is 3. The number of benzene rings is 1. The van der Waals surface area contributed by atoms with Crippen LogP contribution in [0, 0.1) is 13.8 Å². The van der Waals surface area contributed by atoms with Crippen molar-refractivity contribution in [2.45, 2.75) is 40.3 Å². The fourth-order valence-electron chi connectivity index (χ4n) is 3.05. The van der Waals surface area contributed by atoms with Gasteiger partial charge in [-0.1, -0.05) is 18.2 Å². The maximum absolute atomic E-state index is 12.6. The van der Waals surface area contributed by atoms with Gasteiger partial charge < -0.3 is 9.88 Å². The molecule has 1 amide bonds. The lowest BCUT2D eigenvalue weighted by molar-refractivity contribution is 0.0950. The normalized spacial score (nSPS) is 11.6. The highest BCUT2D eigenvalue weighted by Gasteiger charge is 2.17. The highest BCUT2D eigenvalue weighted by molar-refractivity contribution is 7.92. The Morgan fingerprint density at radius 3 is 2.40 bits per heavy atom. The van der Waals surface area contributed by atoms with Crippen LogP contribution in [0.5, 0.6) is 0 Å². The maximum Gasteiger partial charge on any atom is 0.253 e. The lowest BCUT2D eigenvalue weighted by Crippen LogP contribution is -2.24. The van der Waals surface area contributed by atoms with E-state index in [1.165, 1.54) is 0 Å². The second-order valence-electron chi connectivity index (χ2n) is 6.46. The molecule has 0 saturated heterocycles. The Labute approximate surface area is 149 Å². The molecule has 7 heteroatoms. The number of hydrogen-bond donors (Lipinski definition) is 2. The smallest absolute Gasteiger partial charge is 0.253 e. The van der Waals surface area contributed by atoms with Gasteiger partial charge in [0.1, 0.15) is 0 Å². The van der Waals surface area contributed by atoms with Gasteiger partial charge in [-0.3, -0.25) is 9.52 Å². The summed E-state index contributed by atoms with van der Waals surface area (Å²) >= 11 is 0. The van der Waals surface area contributed by atoms with Gasteiger partial charge in [0.25, 0.3) is 5.91 Å². The van der Waals surface area contributed by atoms with Gasteiger partial charge in [-0.05, 0) is 45.4 Å². The molecule has 1 aromatic carbocycles. The minimum absolute atomic E-state index is 0.172. The summed E-state index contributed by atoms with van der Waals surface area (Å²) in [5.74, 6) is -0.172. The molecule has 1 aromatic heterocycles. The largest absolute Gasteiger partial charge is 0.348 e. The molecular formula is C18H25N3O3S. The third kappa shape index (κ3) is 4.63. The fourth-order valence-corrected chi connectivity index (χ4v) is 3.64. The zero-order valence-electron chi connectivity index (χ0n) is 15.3. The summed E-state index contributed by atoms with van der Waals surface area (Å²) in [6, 6.07) is 9.17. The lowest BCUT2D eigenvalue weighted by Gasteiger charge is -2.14. The van der Waals surface area contributed by atoms with E-state index in [0.717, 1.165) is 17.6 Å². The summed E-state index contributed by atoms with van der Waals surface area (Å²) in [6.07, 6.45) is 1.10. The van der Waals surface area contributed by atoms with Crippen LogP contribution in [0.25, 0.3) is 0 Å². The molecule has 0 unspecified atom stereocenters. The van der Waals surface area contributed by atoms with E-state index >= 15 is 0 Å². The molecule has 0 fully saturated rings. The van der Waals surface area contributed by atoms with Crippen LogP contribution < -0.4 is 10.0 Å². The van der Waals surface area contributed by atoms with Crippen LogP contribution in [0.4, 0.5) is 5.69 Å². The van der Waals surface area contributed by atoms with Crippen LogP contribution in [-0.4, -0.2) is 25.1 Å². The monoisotopic (exact) mass is 363 g/mol. The summed E-state index contributed by atoms with van der Waals surface area (Å²) in [6.45, 7) is 8.31. The molecule has 25 heavy (non-hydrogen) atoms. The first kappa shape index (κ1) is 19.1. The van der Waals surface area contributed by atoms with Crippen molar-refractivity contribution < 1.29 is 13.2 Å². The number of aryl methyl sites for hydroxylation is 1. The second kappa shape index (κ2) is 7.31. The van der Waals surface area contributed by atoms with E-state index in [9.17, 15) is 13.2 Å². The van der Waals surface area contributed by atoms with Gasteiger partial charge >= 0.3 is 0 Å². The zero-order valence-corrected chi connectivity index (χ0v) is 16.1. The number of sulfonamides is 1. The van der Waals surface area contributed by atoms with E-state index < -0.39 is 10.0 Å². The number of amides is 1. The van der Waals surface area contributed by atoms with E-state index in [1.54, 1.807) is 24.3 Å². The van der Waals surface area contributed by atoms with Gasteiger partial charge in [-0.2, -0.15) is 0 Å². The van der Waals surface area contributed by atoms with E-state index in [0.29, 0.717) is 16.8 Å². The predicted molar refractivity (Wildman–Crippen MR) is 100 cm³/mol. The Hall–Kier alpha value is -2.28. The van der Waals surface area contributed by atoms with Gasteiger partial charge in [0.2, 0.25) is 10.0 Å². The third-order valence-electron chi connectivity index (χ3n) is 4.00. The SMILES string of the molecule is Cc1cc(C(=O)NCc2ccccc2NS(C)(=O)=O)c(C)n1C(C)C. The van der Waals surface area contributed by atoms with Crippen LogP contribution in [0.3, 0.4) is 0 Å². The predicted octanol–water partition coefficient (Wildman–Crippen LogP) is 2.99. The molecule has 2 N–H and O–H groups in total. The number of nitrogens with one attached hydrogen (secondary N) is 2. The number of aromatic nitrogens is 1. The van der Waals surface area contributed by atoms with Crippen LogP contribution in [0.15, 0.2) is 30.3 Å². The second-order valence-corrected chi connectivity index (χ2v) is 8.21. The molecule has 0 atom stereocenters.